The van der Waals surface area contributed by atoms with Crippen molar-refractivity contribution < 1.29 is 19.1 Å². The molecule has 2 aromatic rings. The van der Waals surface area contributed by atoms with Crippen LogP contribution in [-0.4, -0.2) is 44.1 Å². The van der Waals surface area contributed by atoms with Gasteiger partial charge in [-0.25, -0.2) is 9.69 Å². The van der Waals surface area contributed by atoms with Gasteiger partial charge in [-0.2, -0.15) is 0 Å². The lowest BCUT2D eigenvalue weighted by atomic mass is 10.0. The van der Waals surface area contributed by atoms with Crippen molar-refractivity contribution in [3.05, 3.63) is 64.7 Å². The summed E-state index contributed by atoms with van der Waals surface area (Å²) in [6.07, 6.45) is 1.52. The molecular formula is C23H23N3O4. The Morgan fingerprint density at radius 2 is 1.57 bits per heavy atom. The average Bonchev–Trinajstić information content (AvgIpc) is 2.74. The molecule has 0 saturated carbocycles. The molecule has 2 aliphatic rings. The fourth-order valence-corrected chi connectivity index (χ4v) is 3.53. The number of ether oxygens (including phenoxy) is 1. The maximum atomic E-state index is 13.0. The van der Waals surface area contributed by atoms with Crippen LogP contribution in [0.5, 0.6) is 0 Å². The number of nitrogens with one attached hydrogen (secondary N) is 1. The lowest BCUT2D eigenvalue weighted by molar-refractivity contribution is -0.122. The Bertz CT molecular complexity index is 1040. The summed E-state index contributed by atoms with van der Waals surface area (Å²) in [5.74, 6) is -1.33. The first-order valence-electron chi connectivity index (χ1n) is 9.85. The van der Waals surface area contributed by atoms with Crippen molar-refractivity contribution in [1.29, 1.82) is 0 Å². The molecule has 0 aromatic heterocycles. The summed E-state index contributed by atoms with van der Waals surface area (Å²) < 4.78 is 5.37. The topological polar surface area (TPSA) is 79.0 Å². The Morgan fingerprint density at radius 1 is 0.900 bits per heavy atom. The highest BCUT2D eigenvalue weighted by molar-refractivity contribution is 6.39. The number of hydrogen-bond acceptors (Lipinski definition) is 5. The molecule has 2 fully saturated rings. The number of anilines is 2. The molecule has 4 amide bonds. The van der Waals surface area contributed by atoms with E-state index in [1.54, 1.807) is 12.1 Å². The fourth-order valence-electron chi connectivity index (χ4n) is 3.53. The van der Waals surface area contributed by atoms with Crippen molar-refractivity contribution in [3.8, 4) is 0 Å². The quantitative estimate of drug-likeness (QED) is 0.628. The Hall–Kier alpha value is -3.45. The van der Waals surface area contributed by atoms with Gasteiger partial charge in [0, 0.05) is 18.8 Å². The van der Waals surface area contributed by atoms with Crippen LogP contribution in [0.25, 0.3) is 6.08 Å². The van der Waals surface area contributed by atoms with Crippen LogP contribution in [0.1, 0.15) is 16.7 Å². The maximum Gasteiger partial charge on any atom is 0.335 e. The Morgan fingerprint density at radius 3 is 2.23 bits per heavy atom. The number of benzene rings is 2. The van der Waals surface area contributed by atoms with Gasteiger partial charge in [-0.1, -0.05) is 18.2 Å². The van der Waals surface area contributed by atoms with E-state index in [2.05, 4.69) is 10.2 Å². The van der Waals surface area contributed by atoms with E-state index < -0.39 is 17.8 Å². The minimum absolute atomic E-state index is 0.0769. The number of morpholine rings is 1. The highest BCUT2D eigenvalue weighted by atomic mass is 16.5. The largest absolute Gasteiger partial charge is 0.378 e. The normalized spacial score (nSPS) is 18.7. The van der Waals surface area contributed by atoms with Gasteiger partial charge >= 0.3 is 6.03 Å². The summed E-state index contributed by atoms with van der Waals surface area (Å²) >= 11 is 0. The standard InChI is InChI=1S/C23H23N3O4/c1-15-3-6-19(13-16(15)2)26-22(28)20(21(27)24-23(26)29)14-17-4-7-18(8-5-17)25-9-11-30-12-10-25/h3-8,13-14H,9-12H2,1-2H3,(H,24,27,29)/b20-14-. The fraction of sp³-hybridized carbons (Fsp3) is 0.261. The Kier molecular flexibility index (Phi) is 5.37. The molecule has 0 unspecified atom stereocenters. The molecule has 7 heteroatoms. The molecule has 0 aliphatic carbocycles. The summed E-state index contributed by atoms with van der Waals surface area (Å²) in [5.41, 5.74) is 4.13. The van der Waals surface area contributed by atoms with Gasteiger partial charge < -0.3 is 9.64 Å². The number of carbonyl (C=O) groups is 3. The minimum atomic E-state index is -0.743. The molecule has 154 valence electrons. The molecule has 0 bridgehead atoms. The number of imide groups is 2. The first-order chi connectivity index (χ1) is 14.4. The predicted octanol–water partition coefficient (Wildman–Crippen LogP) is 2.81. The van der Waals surface area contributed by atoms with Crippen LogP contribution < -0.4 is 15.1 Å². The van der Waals surface area contributed by atoms with E-state index in [0.717, 1.165) is 34.8 Å². The van der Waals surface area contributed by atoms with Crippen molar-refractivity contribution in [3.63, 3.8) is 0 Å². The van der Waals surface area contributed by atoms with Crippen molar-refractivity contribution in [2.75, 3.05) is 36.1 Å². The van der Waals surface area contributed by atoms with Crippen molar-refractivity contribution in [2.45, 2.75) is 13.8 Å². The third-order valence-corrected chi connectivity index (χ3v) is 5.43. The molecule has 2 aromatic carbocycles. The van der Waals surface area contributed by atoms with Crippen LogP contribution in [0.2, 0.25) is 0 Å². The van der Waals surface area contributed by atoms with E-state index in [1.165, 1.54) is 6.08 Å². The zero-order chi connectivity index (χ0) is 21.3. The van der Waals surface area contributed by atoms with Gasteiger partial charge in [0.1, 0.15) is 5.57 Å². The van der Waals surface area contributed by atoms with Crippen LogP contribution in [0.15, 0.2) is 48.0 Å². The lowest BCUT2D eigenvalue weighted by Crippen LogP contribution is -2.54. The van der Waals surface area contributed by atoms with E-state index in [4.69, 9.17) is 4.74 Å². The van der Waals surface area contributed by atoms with E-state index in [0.29, 0.717) is 24.5 Å². The number of barbiturate groups is 1. The first kappa shape index (κ1) is 19.8. The van der Waals surface area contributed by atoms with E-state index >= 15 is 0 Å². The summed E-state index contributed by atoms with van der Waals surface area (Å²) in [6, 6.07) is 12.2. The smallest absolute Gasteiger partial charge is 0.335 e. The SMILES string of the molecule is Cc1ccc(N2C(=O)NC(=O)/C(=C/c3ccc(N4CCOCC4)cc3)C2=O)cc1C. The molecule has 0 atom stereocenters. The van der Waals surface area contributed by atoms with E-state index in [9.17, 15) is 14.4 Å². The maximum absolute atomic E-state index is 13.0. The molecule has 4 rings (SSSR count). The molecule has 0 spiro atoms. The van der Waals surface area contributed by atoms with Gasteiger partial charge in [0.05, 0.1) is 18.9 Å². The van der Waals surface area contributed by atoms with Gasteiger partial charge in [-0.3, -0.25) is 14.9 Å². The van der Waals surface area contributed by atoms with Crippen LogP contribution in [0.3, 0.4) is 0 Å². The monoisotopic (exact) mass is 405 g/mol. The summed E-state index contributed by atoms with van der Waals surface area (Å²) in [6.45, 7) is 6.91. The third-order valence-electron chi connectivity index (χ3n) is 5.43. The van der Waals surface area contributed by atoms with Crippen LogP contribution in [0, 0.1) is 13.8 Å². The van der Waals surface area contributed by atoms with Crippen LogP contribution in [0.4, 0.5) is 16.2 Å². The number of aryl methyl sites for hydroxylation is 2. The Balaban J connectivity index is 1.61. The molecule has 2 aliphatic heterocycles. The first-order valence-corrected chi connectivity index (χ1v) is 9.85. The third kappa shape index (κ3) is 3.84. The molecule has 0 radical (unpaired) electrons. The van der Waals surface area contributed by atoms with Crippen LogP contribution >= 0.6 is 0 Å². The van der Waals surface area contributed by atoms with Gasteiger partial charge in [0.15, 0.2) is 0 Å². The number of hydrogen-bond donors (Lipinski definition) is 1. The molecule has 2 heterocycles. The molecule has 30 heavy (non-hydrogen) atoms. The van der Waals surface area contributed by atoms with Crippen molar-refractivity contribution in [1.82, 2.24) is 5.32 Å². The van der Waals surface area contributed by atoms with Gasteiger partial charge in [-0.05, 0) is 60.9 Å². The molecule has 7 nitrogen and oxygen atoms in total. The number of carbonyl (C=O) groups excluding carboxylic acids is 3. The second-order valence-corrected chi connectivity index (χ2v) is 7.42. The van der Waals surface area contributed by atoms with Gasteiger partial charge in [-0.15, -0.1) is 0 Å². The molecule has 2 saturated heterocycles. The summed E-state index contributed by atoms with van der Waals surface area (Å²) in [4.78, 5) is 41.0. The van der Waals surface area contributed by atoms with Crippen molar-refractivity contribution in [2.24, 2.45) is 0 Å². The van der Waals surface area contributed by atoms with Gasteiger partial charge in [0.2, 0.25) is 0 Å². The van der Waals surface area contributed by atoms with E-state index in [-0.39, 0.29) is 5.57 Å². The second-order valence-electron chi connectivity index (χ2n) is 7.42. The highest BCUT2D eigenvalue weighted by Crippen LogP contribution is 2.25. The zero-order valence-corrected chi connectivity index (χ0v) is 17.0. The number of urea groups is 1. The average molecular weight is 405 g/mol. The van der Waals surface area contributed by atoms with Crippen molar-refractivity contribution >= 4 is 35.3 Å². The number of amides is 4. The highest BCUT2D eigenvalue weighted by Gasteiger charge is 2.36. The Labute approximate surface area is 174 Å². The minimum Gasteiger partial charge on any atom is -0.378 e. The summed E-state index contributed by atoms with van der Waals surface area (Å²) in [7, 11) is 0. The lowest BCUT2D eigenvalue weighted by Gasteiger charge is -2.29. The second kappa shape index (κ2) is 8.12. The van der Waals surface area contributed by atoms with Crippen LogP contribution in [-0.2, 0) is 14.3 Å². The summed E-state index contributed by atoms with van der Waals surface area (Å²) in [5, 5.41) is 2.26. The molecular weight excluding hydrogens is 382 g/mol. The zero-order valence-electron chi connectivity index (χ0n) is 17.0. The molecule has 1 N–H and O–H groups in total. The van der Waals surface area contributed by atoms with Gasteiger partial charge in [0.25, 0.3) is 11.8 Å². The predicted molar refractivity (Wildman–Crippen MR) is 114 cm³/mol. The number of rotatable bonds is 3. The number of nitrogens with zero attached hydrogens (tertiary/aromatic N) is 2. The van der Waals surface area contributed by atoms with E-state index in [1.807, 2.05) is 44.2 Å².